The number of ether oxygens (including phenoxy) is 2. The number of aromatic hydroxyl groups is 1. The number of methoxy groups -OCH3 is 1. The molecule has 136 valence electrons. The zero-order chi connectivity index (χ0) is 18.8. The van der Waals surface area contributed by atoms with Gasteiger partial charge in [-0.05, 0) is 34.4 Å². The molecule has 0 saturated heterocycles. The van der Waals surface area contributed by atoms with Gasteiger partial charge in [0.15, 0.2) is 11.5 Å². The molecule has 0 heterocycles. The van der Waals surface area contributed by atoms with Crippen molar-refractivity contribution in [3.05, 3.63) is 77.9 Å². The third-order valence-corrected chi connectivity index (χ3v) is 4.80. The first-order valence-electron chi connectivity index (χ1n) is 8.67. The molecule has 0 spiro atoms. The number of fused-ring (bicyclic) bond motifs is 3. The van der Waals surface area contributed by atoms with Crippen LogP contribution in [0.15, 0.2) is 66.7 Å². The molecule has 0 aliphatic heterocycles. The molecule has 3 aromatic carbocycles. The van der Waals surface area contributed by atoms with Crippen molar-refractivity contribution in [2.75, 3.05) is 19.0 Å². The highest BCUT2D eigenvalue weighted by molar-refractivity contribution is 5.87. The van der Waals surface area contributed by atoms with Crippen molar-refractivity contribution >= 4 is 11.8 Å². The van der Waals surface area contributed by atoms with Gasteiger partial charge in [0.2, 0.25) is 0 Å². The fourth-order valence-electron chi connectivity index (χ4n) is 3.53. The second-order valence-corrected chi connectivity index (χ2v) is 6.31. The van der Waals surface area contributed by atoms with E-state index in [4.69, 9.17) is 9.47 Å². The number of hydrogen-bond donors (Lipinski definition) is 2. The second-order valence-electron chi connectivity index (χ2n) is 6.31. The number of para-hydroxylation sites is 1. The lowest BCUT2D eigenvalue weighted by atomic mass is 9.98. The van der Waals surface area contributed by atoms with E-state index in [0.717, 1.165) is 11.1 Å². The zero-order valence-electron chi connectivity index (χ0n) is 14.8. The Bertz CT molecular complexity index is 954. The normalized spacial score (nSPS) is 12.2. The van der Waals surface area contributed by atoms with Gasteiger partial charge in [0.1, 0.15) is 6.61 Å². The lowest BCUT2D eigenvalue weighted by Gasteiger charge is -2.15. The number of amides is 1. The van der Waals surface area contributed by atoms with Crippen molar-refractivity contribution in [2.24, 2.45) is 0 Å². The second kappa shape index (κ2) is 7.03. The van der Waals surface area contributed by atoms with Gasteiger partial charge >= 0.3 is 6.09 Å². The van der Waals surface area contributed by atoms with Gasteiger partial charge in [-0.2, -0.15) is 0 Å². The van der Waals surface area contributed by atoms with Crippen LogP contribution < -0.4 is 10.1 Å². The predicted molar refractivity (Wildman–Crippen MR) is 103 cm³/mol. The number of carbonyl (C=O) groups is 1. The molecule has 3 aromatic rings. The van der Waals surface area contributed by atoms with E-state index in [1.54, 1.807) is 18.2 Å². The van der Waals surface area contributed by atoms with Gasteiger partial charge in [0.25, 0.3) is 0 Å². The molecule has 4 rings (SSSR count). The van der Waals surface area contributed by atoms with Crippen molar-refractivity contribution < 1.29 is 19.4 Å². The molecule has 1 amide bonds. The Labute approximate surface area is 157 Å². The van der Waals surface area contributed by atoms with Crippen molar-refractivity contribution in [3.63, 3.8) is 0 Å². The molecule has 5 nitrogen and oxygen atoms in total. The first kappa shape index (κ1) is 17.0. The van der Waals surface area contributed by atoms with Gasteiger partial charge in [0.05, 0.1) is 12.8 Å². The van der Waals surface area contributed by atoms with Gasteiger partial charge in [-0.15, -0.1) is 0 Å². The maximum atomic E-state index is 12.3. The van der Waals surface area contributed by atoms with Crippen LogP contribution in [0.4, 0.5) is 10.5 Å². The summed E-state index contributed by atoms with van der Waals surface area (Å²) in [7, 11) is 1.45. The van der Waals surface area contributed by atoms with Crippen molar-refractivity contribution in [2.45, 2.75) is 5.92 Å². The Balaban J connectivity index is 1.50. The van der Waals surface area contributed by atoms with E-state index in [9.17, 15) is 9.90 Å². The number of benzene rings is 3. The lowest BCUT2D eigenvalue weighted by Crippen LogP contribution is -2.18. The minimum Gasteiger partial charge on any atom is -0.503 e. The summed E-state index contributed by atoms with van der Waals surface area (Å²) in [5, 5.41) is 12.6. The molecular formula is C22H19NO4. The summed E-state index contributed by atoms with van der Waals surface area (Å²) in [5.74, 6) is 0.141. The van der Waals surface area contributed by atoms with Crippen LogP contribution in [0.5, 0.6) is 11.5 Å². The maximum Gasteiger partial charge on any atom is 0.411 e. The maximum absolute atomic E-state index is 12.3. The number of phenols is 1. The molecule has 0 unspecified atom stereocenters. The smallest absolute Gasteiger partial charge is 0.411 e. The highest BCUT2D eigenvalue weighted by Gasteiger charge is 2.29. The van der Waals surface area contributed by atoms with Gasteiger partial charge in [-0.3, -0.25) is 5.32 Å². The van der Waals surface area contributed by atoms with E-state index in [2.05, 4.69) is 29.6 Å². The van der Waals surface area contributed by atoms with E-state index in [1.165, 1.54) is 18.2 Å². The number of phenolic OH excluding ortho intramolecular Hbond substituents is 1. The van der Waals surface area contributed by atoms with E-state index >= 15 is 0 Å². The standard InChI is InChI=1S/C22H19NO4/c1-26-20-12-6-11-19(21(20)24)23-22(25)27-13-18-16-9-4-2-7-14(16)15-8-3-5-10-17(15)18/h2-12,18,24H,13H2,1H3,(H,23,25). The number of hydrogen-bond acceptors (Lipinski definition) is 4. The van der Waals surface area contributed by atoms with Gasteiger partial charge in [-0.25, -0.2) is 4.79 Å². The highest BCUT2D eigenvalue weighted by Crippen LogP contribution is 2.44. The lowest BCUT2D eigenvalue weighted by molar-refractivity contribution is 0.158. The third kappa shape index (κ3) is 3.08. The summed E-state index contributed by atoms with van der Waals surface area (Å²) in [6.07, 6.45) is -0.625. The molecule has 27 heavy (non-hydrogen) atoms. The fraction of sp³-hybridized carbons (Fsp3) is 0.136. The molecule has 0 fully saturated rings. The van der Waals surface area contributed by atoms with Gasteiger partial charge in [-0.1, -0.05) is 54.6 Å². The first-order chi connectivity index (χ1) is 13.2. The largest absolute Gasteiger partial charge is 0.503 e. The van der Waals surface area contributed by atoms with Crippen molar-refractivity contribution in [3.8, 4) is 22.6 Å². The first-order valence-corrected chi connectivity index (χ1v) is 8.67. The summed E-state index contributed by atoms with van der Waals surface area (Å²) >= 11 is 0. The zero-order valence-corrected chi connectivity index (χ0v) is 14.8. The average Bonchev–Trinajstić information content (AvgIpc) is 3.02. The third-order valence-electron chi connectivity index (χ3n) is 4.80. The Morgan fingerprint density at radius 2 is 1.59 bits per heavy atom. The van der Waals surface area contributed by atoms with Crippen LogP contribution in [-0.4, -0.2) is 24.9 Å². The molecule has 1 aliphatic carbocycles. The number of carbonyl (C=O) groups excluding carboxylic acids is 1. The number of nitrogens with one attached hydrogen (secondary N) is 1. The minimum absolute atomic E-state index is 0.0120. The van der Waals surface area contributed by atoms with Crippen LogP contribution >= 0.6 is 0 Å². The summed E-state index contributed by atoms with van der Waals surface area (Å²) in [6, 6.07) is 21.2. The van der Waals surface area contributed by atoms with E-state index in [-0.39, 0.29) is 29.7 Å². The number of anilines is 1. The Kier molecular flexibility index (Phi) is 4.42. The molecule has 0 radical (unpaired) electrons. The molecule has 0 saturated carbocycles. The summed E-state index contributed by atoms with van der Waals surface area (Å²) < 4.78 is 10.5. The molecule has 0 bridgehead atoms. The van der Waals surface area contributed by atoms with Crippen LogP contribution in [0.1, 0.15) is 17.0 Å². The SMILES string of the molecule is COc1cccc(NC(=O)OCC2c3ccccc3-c3ccccc32)c1O. The van der Waals surface area contributed by atoms with Crippen molar-refractivity contribution in [1.82, 2.24) is 0 Å². The van der Waals surface area contributed by atoms with E-state index in [0.29, 0.717) is 0 Å². The van der Waals surface area contributed by atoms with Gasteiger partial charge < -0.3 is 14.6 Å². The van der Waals surface area contributed by atoms with Gasteiger partial charge in [0, 0.05) is 5.92 Å². The van der Waals surface area contributed by atoms with Crippen LogP contribution in [0, 0.1) is 0 Å². The Morgan fingerprint density at radius 3 is 2.22 bits per heavy atom. The molecule has 5 heteroatoms. The Hall–Kier alpha value is -3.47. The predicted octanol–water partition coefficient (Wildman–Crippen LogP) is 4.76. The minimum atomic E-state index is -0.625. The van der Waals surface area contributed by atoms with E-state index in [1.807, 2.05) is 24.3 Å². The quantitative estimate of drug-likeness (QED) is 0.657. The summed E-state index contributed by atoms with van der Waals surface area (Å²) in [6.45, 7) is 0.213. The molecule has 1 aliphatic rings. The fourth-order valence-corrected chi connectivity index (χ4v) is 3.53. The van der Waals surface area contributed by atoms with Crippen LogP contribution in [0.25, 0.3) is 11.1 Å². The Morgan fingerprint density at radius 1 is 0.963 bits per heavy atom. The highest BCUT2D eigenvalue weighted by atomic mass is 16.5. The topological polar surface area (TPSA) is 67.8 Å². The van der Waals surface area contributed by atoms with E-state index < -0.39 is 6.09 Å². The van der Waals surface area contributed by atoms with Crippen LogP contribution in [0.3, 0.4) is 0 Å². The molecule has 2 N–H and O–H groups in total. The molecular weight excluding hydrogens is 342 g/mol. The number of rotatable bonds is 4. The van der Waals surface area contributed by atoms with Crippen molar-refractivity contribution in [1.29, 1.82) is 0 Å². The average molecular weight is 361 g/mol. The molecule has 0 atom stereocenters. The van der Waals surface area contributed by atoms with Crippen LogP contribution in [-0.2, 0) is 4.74 Å². The molecule has 0 aromatic heterocycles. The monoisotopic (exact) mass is 361 g/mol. The van der Waals surface area contributed by atoms with Crippen LogP contribution in [0.2, 0.25) is 0 Å². The summed E-state index contributed by atoms with van der Waals surface area (Å²) in [5.41, 5.74) is 4.89. The summed E-state index contributed by atoms with van der Waals surface area (Å²) in [4.78, 5) is 12.3.